The van der Waals surface area contributed by atoms with Crippen LogP contribution in [0.5, 0.6) is 11.5 Å². The number of carbonyl (C=O) groups is 1. The second kappa shape index (κ2) is 6.47. The van der Waals surface area contributed by atoms with Gasteiger partial charge in [-0.1, -0.05) is 12.1 Å². The third-order valence-electron chi connectivity index (χ3n) is 3.71. The monoisotopic (exact) mass is 301 g/mol. The fraction of sp³-hybridized carbons (Fsp3) is 0.294. The van der Waals surface area contributed by atoms with Crippen molar-refractivity contribution in [3.63, 3.8) is 0 Å². The van der Waals surface area contributed by atoms with E-state index in [-0.39, 0.29) is 11.3 Å². The Morgan fingerprint density at radius 1 is 1.18 bits per heavy atom. The van der Waals surface area contributed by atoms with Crippen LogP contribution in [-0.4, -0.2) is 28.3 Å². The first-order valence-corrected chi connectivity index (χ1v) is 6.99. The van der Waals surface area contributed by atoms with Gasteiger partial charge in [0, 0.05) is 5.69 Å². The predicted octanol–water partition coefficient (Wildman–Crippen LogP) is 2.90. The third-order valence-corrected chi connectivity index (χ3v) is 3.71. The molecule has 0 spiro atoms. The molecule has 0 saturated heterocycles. The van der Waals surface area contributed by atoms with Gasteiger partial charge in [-0.3, -0.25) is 4.98 Å². The molecule has 0 radical (unpaired) electrons. The van der Waals surface area contributed by atoms with Gasteiger partial charge in [-0.15, -0.1) is 0 Å². The first kappa shape index (κ1) is 15.8. The number of hydrogen-bond donors (Lipinski definition) is 2. The van der Waals surface area contributed by atoms with Crippen LogP contribution in [0.2, 0.25) is 0 Å². The number of carboxylic acid groups (broad SMARTS) is 1. The Morgan fingerprint density at radius 2 is 1.82 bits per heavy atom. The molecule has 1 heterocycles. The Labute approximate surface area is 129 Å². The zero-order chi connectivity index (χ0) is 16.3. The smallest absolute Gasteiger partial charge is 0.339 e. The van der Waals surface area contributed by atoms with Crippen molar-refractivity contribution in [3.8, 4) is 11.5 Å². The van der Waals surface area contributed by atoms with Gasteiger partial charge >= 0.3 is 5.97 Å². The molecule has 0 aliphatic rings. The summed E-state index contributed by atoms with van der Waals surface area (Å²) in [6.45, 7) is 3.29. The van der Waals surface area contributed by atoms with Crippen molar-refractivity contribution in [2.45, 2.75) is 26.7 Å². The number of hydrogen-bond acceptors (Lipinski definition) is 4. The number of nitrogens with zero attached hydrogens (tertiary/aromatic N) is 1. The van der Waals surface area contributed by atoms with E-state index >= 15 is 0 Å². The summed E-state index contributed by atoms with van der Waals surface area (Å²) in [5, 5.41) is 19.1. The molecule has 0 atom stereocenters. The number of methoxy groups -OCH3 is 1. The van der Waals surface area contributed by atoms with E-state index in [9.17, 15) is 15.0 Å². The van der Waals surface area contributed by atoms with E-state index < -0.39 is 5.97 Å². The molecule has 2 aromatic rings. The molecule has 5 nitrogen and oxygen atoms in total. The van der Waals surface area contributed by atoms with Gasteiger partial charge < -0.3 is 14.9 Å². The average Bonchev–Trinajstić information content (AvgIpc) is 2.50. The average molecular weight is 301 g/mol. The van der Waals surface area contributed by atoms with Crippen molar-refractivity contribution >= 4 is 5.97 Å². The number of benzene rings is 1. The van der Waals surface area contributed by atoms with Crippen LogP contribution in [0.25, 0.3) is 0 Å². The number of aryl methyl sites for hydroxylation is 3. The van der Waals surface area contributed by atoms with Crippen LogP contribution in [0.1, 0.15) is 32.9 Å². The van der Waals surface area contributed by atoms with Crippen LogP contribution in [0.15, 0.2) is 24.3 Å². The number of carboxylic acids is 1. The number of rotatable bonds is 5. The summed E-state index contributed by atoms with van der Waals surface area (Å²) in [4.78, 5) is 15.6. The topological polar surface area (TPSA) is 79.7 Å². The standard InChI is InChI=1S/C17H19NO4/c1-10-14(18-11(2)16(19)15(10)17(20)21)9-6-12-4-7-13(22-3)8-5-12/h4-5,7-8,19H,6,9H2,1-3H3,(H,20,21). The lowest BCUT2D eigenvalue weighted by atomic mass is 10.00. The maximum Gasteiger partial charge on any atom is 0.339 e. The van der Waals surface area contributed by atoms with Crippen molar-refractivity contribution in [1.29, 1.82) is 0 Å². The molecule has 0 bridgehead atoms. The highest BCUT2D eigenvalue weighted by atomic mass is 16.5. The largest absolute Gasteiger partial charge is 0.505 e. The van der Waals surface area contributed by atoms with E-state index in [0.717, 1.165) is 17.7 Å². The van der Waals surface area contributed by atoms with Crippen molar-refractivity contribution < 1.29 is 19.7 Å². The van der Waals surface area contributed by atoms with E-state index in [2.05, 4.69) is 4.98 Å². The molecule has 2 rings (SSSR count). The zero-order valence-corrected chi connectivity index (χ0v) is 12.9. The lowest BCUT2D eigenvalue weighted by Gasteiger charge is -2.12. The van der Waals surface area contributed by atoms with Crippen LogP contribution in [0.3, 0.4) is 0 Å². The van der Waals surface area contributed by atoms with Crippen LogP contribution >= 0.6 is 0 Å². The van der Waals surface area contributed by atoms with Crippen LogP contribution in [-0.2, 0) is 12.8 Å². The molecule has 22 heavy (non-hydrogen) atoms. The molecule has 2 N–H and O–H groups in total. The highest BCUT2D eigenvalue weighted by Crippen LogP contribution is 2.26. The molecule has 1 aromatic heterocycles. The summed E-state index contributed by atoms with van der Waals surface area (Å²) in [7, 11) is 1.62. The van der Waals surface area contributed by atoms with Gasteiger partial charge in [0.05, 0.1) is 12.8 Å². The predicted molar refractivity (Wildman–Crippen MR) is 82.7 cm³/mol. The molecule has 0 unspecified atom stereocenters. The molecule has 0 saturated carbocycles. The number of aromatic hydroxyl groups is 1. The summed E-state index contributed by atoms with van der Waals surface area (Å²) < 4.78 is 5.12. The number of aromatic carboxylic acids is 1. The third kappa shape index (κ3) is 3.19. The summed E-state index contributed by atoms with van der Waals surface area (Å²) in [5.41, 5.74) is 2.61. The van der Waals surface area contributed by atoms with Gasteiger partial charge in [-0.05, 0) is 49.9 Å². The van der Waals surface area contributed by atoms with Crippen LogP contribution in [0, 0.1) is 13.8 Å². The lowest BCUT2D eigenvalue weighted by molar-refractivity contribution is 0.0692. The quantitative estimate of drug-likeness (QED) is 0.887. The Kier molecular flexibility index (Phi) is 4.65. The summed E-state index contributed by atoms with van der Waals surface area (Å²) in [6, 6.07) is 7.72. The van der Waals surface area contributed by atoms with E-state index in [4.69, 9.17) is 4.74 Å². The molecule has 116 valence electrons. The molecule has 0 aliphatic carbocycles. The summed E-state index contributed by atoms with van der Waals surface area (Å²) in [6.07, 6.45) is 1.35. The number of pyridine rings is 1. The molecule has 5 heteroatoms. The van der Waals surface area contributed by atoms with Crippen molar-refractivity contribution in [2.24, 2.45) is 0 Å². The maximum atomic E-state index is 11.3. The highest BCUT2D eigenvalue weighted by molar-refractivity contribution is 5.93. The van der Waals surface area contributed by atoms with Gasteiger partial charge in [0.2, 0.25) is 0 Å². The molecule has 1 aromatic carbocycles. The van der Waals surface area contributed by atoms with E-state index in [1.54, 1.807) is 21.0 Å². The Bertz CT molecular complexity index is 693. The number of ether oxygens (including phenoxy) is 1. The maximum absolute atomic E-state index is 11.3. The first-order valence-electron chi connectivity index (χ1n) is 6.99. The molecular formula is C17H19NO4. The highest BCUT2D eigenvalue weighted by Gasteiger charge is 2.19. The minimum absolute atomic E-state index is 0.0581. The van der Waals surface area contributed by atoms with Gasteiger partial charge in [0.25, 0.3) is 0 Å². The minimum atomic E-state index is -1.13. The Balaban J connectivity index is 2.24. The zero-order valence-electron chi connectivity index (χ0n) is 12.9. The van der Waals surface area contributed by atoms with E-state index in [1.807, 2.05) is 24.3 Å². The molecule has 0 fully saturated rings. The SMILES string of the molecule is COc1ccc(CCc2nc(C)c(O)c(C(=O)O)c2C)cc1. The summed E-state index contributed by atoms with van der Waals surface area (Å²) in [5.74, 6) is -0.587. The Morgan fingerprint density at radius 3 is 2.36 bits per heavy atom. The van der Waals surface area contributed by atoms with Gasteiger partial charge in [0.1, 0.15) is 11.3 Å². The van der Waals surface area contributed by atoms with E-state index in [0.29, 0.717) is 23.4 Å². The lowest BCUT2D eigenvalue weighted by Crippen LogP contribution is -2.08. The molecular weight excluding hydrogens is 282 g/mol. The van der Waals surface area contributed by atoms with E-state index in [1.165, 1.54) is 0 Å². The van der Waals surface area contributed by atoms with Crippen molar-refractivity contribution in [1.82, 2.24) is 4.98 Å². The normalized spacial score (nSPS) is 10.5. The number of aromatic nitrogens is 1. The van der Waals surface area contributed by atoms with Crippen LogP contribution < -0.4 is 4.74 Å². The van der Waals surface area contributed by atoms with Crippen molar-refractivity contribution in [3.05, 3.63) is 52.3 Å². The first-order chi connectivity index (χ1) is 10.4. The Hall–Kier alpha value is -2.56. The van der Waals surface area contributed by atoms with Gasteiger partial charge in [-0.2, -0.15) is 0 Å². The molecule has 0 aliphatic heterocycles. The fourth-order valence-corrected chi connectivity index (χ4v) is 2.40. The second-order valence-corrected chi connectivity index (χ2v) is 5.15. The fourth-order valence-electron chi connectivity index (χ4n) is 2.40. The van der Waals surface area contributed by atoms with Crippen LogP contribution in [0.4, 0.5) is 0 Å². The minimum Gasteiger partial charge on any atom is -0.505 e. The van der Waals surface area contributed by atoms with Gasteiger partial charge in [-0.25, -0.2) is 4.79 Å². The van der Waals surface area contributed by atoms with Gasteiger partial charge in [0.15, 0.2) is 5.75 Å². The van der Waals surface area contributed by atoms with Crippen molar-refractivity contribution in [2.75, 3.05) is 7.11 Å². The summed E-state index contributed by atoms with van der Waals surface area (Å²) >= 11 is 0. The second-order valence-electron chi connectivity index (χ2n) is 5.15. The molecule has 0 amide bonds.